The average Bonchev–Trinajstić information content (AvgIpc) is 2.78. The van der Waals surface area contributed by atoms with Crippen molar-refractivity contribution in [3.63, 3.8) is 0 Å². The second kappa shape index (κ2) is 5.94. The van der Waals surface area contributed by atoms with Crippen molar-refractivity contribution >= 4 is 33.6 Å². The summed E-state index contributed by atoms with van der Waals surface area (Å²) in [5.41, 5.74) is -0.293. The Hall–Kier alpha value is -1.74. The van der Waals surface area contributed by atoms with E-state index in [0.29, 0.717) is 6.07 Å². The summed E-state index contributed by atoms with van der Waals surface area (Å²) < 4.78 is 26.6. The van der Waals surface area contributed by atoms with Gasteiger partial charge in [-0.25, -0.2) is 18.4 Å². The van der Waals surface area contributed by atoms with E-state index in [0.717, 1.165) is 11.0 Å². The highest BCUT2D eigenvalue weighted by molar-refractivity contribution is 9.10. The fourth-order valence-corrected chi connectivity index (χ4v) is 2.42. The number of aliphatic carboxylic acids is 1. The predicted molar refractivity (Wildman–Crippen MR) is 71.8 cm³/mol. The highest BCUT2D eigenvalue weighted by Crippen LogP contribution is 2.25. The van der Waals surface area contributed by atoms with E-state index in [4.69, 9.17) is 5.11 Å². The maximum Gasteiger partial charge on any atom is 0.326 e. The number of halogens is 3. The van der Waals surface area contributed by atoms with Crippen molar-refractivity contribution in [2.45, 2.75) is 18.6 Å². The van der Waals surface area contributed by atoms with Gasteiger partial charge in [0.1, 0.15) is 17.7 Å². The van der Waals surface area contributed by atoms with E-state index in [1.807, 2.05) is 0 Å². The van der Waals surface area contributed by atoms with Gasteiger partial charge in [-0.2, -0.15) is 0 Å². The first-order valence-corrected chi connectivity index (χ1v) is 6.72. The van der Waals surface area contributed by atoms with Gasteiger partial charge in [0, 0.05) is 19.0 Å². The zero-order valence-corrected chi connectivity index (χ0v) is 12.1. The van der Waals surface area contributed by atoms with Crippen molar-refractivity contribution in [2.75, 3.05) is 11.9 Å². The number of likely N-dealkylation sites (tertiary alicyclic amines) is 1. The molecule has 6 nitrogen and oxygen atoms in total. The van der Waals surface area contributed by atoms with Crippen LogP contribution in [0.4, 0.5) is 19.3 Å². The molecular formula is C12H11BrF2N2O4. The number of carboxylic acids is 1. The molecule has 2 amide bonds. The van der Waals surface area contributed by atoms with Gasteiger partial charge in [-0.3, -0.25) is 0 Å². The smallest absolute Gasteiger partial charge is 0.326 e. The lowest BCUT2D eigenvalue weighted by Gasteiger charge is -2.21. The van der Waals surface area contributed by atoms with Crippen molar-refractivity contribution in [3.8, 4) is 0 Å². The maximum absolute atomic E-state index is 13.6. The summed E-state index contributed by atoms with van der Waals surface area (Å²) in [6.45, 7) is -0.174. The number of aliphatic hydroxyl groups excluding tert-OH is 1. The first-order chi connectivity index (χ1) is 9.79. The molecule has 0 bridgehead atoms. The number of amides is 2. The summed E-state index contributed by atoms with van der Waals surface area (Å²) in [7, 11) is 0. The molecule has 9 heteroatoms. The lowest BCUT2D eigenvalue weighted by molar-refractivity contribution is -0.141. The lowest BCUT2D eigenvalue weighted by Crippen LogP contribution is -2.43. The third-order valence-electron chi connectivity index (χ3n) is 3.08. The summed E-state index contributed by atoms with van der Waals surface area (Å²) in [6, 6.07) is -0.443. The van der Waals surface area contributed by atoms with Crippen molar-refractivity contribution in [3.05, 3.63) is 28.2 Å². The molecule has 1 heterocycles. The number of hydrogen-bond donors (Lipinski definition) is 3. The van der Waals surface area contributed by atoms with Crippen LogP contribution in [0.1, 0.15) is 6.42 Å². The molecule has 1 fully saturated rings. The Balaban J connectivity index is 2.18. The highest BCUT2D eigenvalue weighted by atomic mass is 79.9. The van der Waals surface area contributed by atoms with Gasteiger partial charge in [0.25, 0.3) is 0 Å². The molecule has 0 spiro atoms. The fourth-order valence-electron chi connectivity index (χ4n) is 2.08. The molecule has 1 aromatic carbocycles. The molecule has 2 rings (SSSR count). The van der Waals surface area contributed by atoms with E-state index in [1.54, 1.807) is 0 Å². The number of urea groups is 1. The second-order valence-corrected chi connectivity index (χ2v) is 5.43. The van der Waals surface area contributed by atoms with Gasteiger partial charge < -0.3 is 20.4 Å². The Bertz CT molecular complexity index is 599. The third-order valence-corrected chi connectivity index (χ3v) is 3.68. The van der Waals surface area contributed by atoms with Crippen LogP contribution < -0.4 is 5.32 Å². The van der Waals surface area contributed by atoms with Crippen LogP contribution >= 0.6 is 15.9 Å². The van der Waals surface area contributed by atoms with Gasteiger partial charge in [0.15, 0.2) is 0 Å². The van der Waals surface area contributed by atoms with Crippen LogP contribution in [0.2, 0.25) is 0 Å². The number of nitrogens with zero attached hydrogens (tertiary/aromatic N) is 1. The van der Waals surface area contributed by atoms with E-state index in [2.05, 4.69) is 21.2 Å². The van der Waals surface area contributed by atoms with Gasteiger partial charge in [-0.05, 0) is 22.0 Å². The quantitative estimate of drug-likeness (QED) is 0.697. The summed E-state index contributed by atoms with van der Waals surface area (Å²) in [5.74, 6) is -3.08. The Labute approximate surface area is 126 Å². The van der Waals surface area contributed by atoms with Crippen LogP contribution in [0.15, 0.2) is 16.6 Å². The minimum Gasteiger partial charge on any atom is -0.480 e. The summed E-state index contributed by atoms with van der Waals surface area (Å²) in [6.07, 6.45) is -1.06. The Morgan fingerprint density at radius 3 is 2.62 bits per heavy atom. The van der Waals surface area contributed by atoms with Crippen molar-refractivity contribution in [1.29, 1.82) is 0 Å². The minimum atomic E-state index is -1.26. The first kappa shape index (κ1) is 15.6. The Morgan fingerprint density at radius 2 is 2.00 bits per heavy atom. The maximum atomic E-state index is 13.6. The molecule has 2 atom stereocenters. The van der Waals surface area contributed by atoms with Gasteiger partial charge in [-0.1, -0.05) is 0 Å². The van der Waals surface area contributed by atoms with Crippen LogP contribution in [0, 0.1) is 11.6 Å². The summed E-state index contributed by atoms with van der Waals surface area (Å²) in [4.78, 5) is 23.9. The topological polar surface area (TPSA) is 89.9 Å². The van der Waals surface area contributed by atoms with Crippen LogP contribution in [0.5, 0.6) is 0 Å². The van der Waals surface area contributed by atoms with E-state index in [-0.39, 0.29) is 23.1 Å². The number of aliphatic hydroxyl groups is 1. The zero-order valence-electron chi connectivity index (χ0n) is 10.5. The summed E-state index contributed by atoms with van der Waals surface area (Å²) >= 11 is 2.86. The SMILES string of the molecule is O=C(O)[C@@H]1C[C@@H](O)CN1C(=O)Nc1cc(Br)c(F)cc1F. The molecule has 3 N–H and O–H groups in total. The van der Waals surface area contributed by atoms with Crippen LogP contribution in [-0.4, -0.2) is 45.8 Å². The predicted octanol–water partition coefficient (Wildman–Crippen LogP) is 1.78. The van der Waals surface area contributed by atoms with E-state index < -0.39 is 35.8 Å². The molecule has 1 aliphatic heterocycles. The van der Waals surface area contributed by atoms with Gasteiger partial charge in [0.05, 0.1) is 16.3 Å². The summed E-state index contributed by atoms with van der Waals surface area (Å²) in [5, 5.41) is 20.6. The second-order valence-electron chi connectivity index (χ2n) is 4.57. The van der Waals surface area contributed by atoms with Crippen molar-refractivity contribution in [1.82, 2.24) is 4.90 Å². The van der Waals surface area contributed by atoms with Crippen molar-refractivity contribution < 1.29 is 28.6 Å². The highest BCUT2D eigenvalue weighted by Gasteiger charge is 2.39. The first-order valence-electron chi connectivity index (χ1n) is 5.92. The molecular weight excluding hydrogens is 354 g/mol. The number of carboxylic acid groups (broad SMARTS) is 1. The minimum absolute atomic E-state index is 0.0459. The molecule has 114 valence electrons. The van der Waals surface area contributed by atoms with Gasteiger partial charge in [-0.15, -0.1) is 0 Å². The monoisotopic (exact) mass is 364 g/mol. The number of β-amino-alcohol motifs (C(OH)–C–C–N with tert-alkyl or cyclic N) is 1. The molecule has 0 unspecified atom stereocenters. The number of benzene rings is 1. The number of carbonyl (C=O) groups is 2. The van der Waals surface area contributed by atoms with Crippen LogP contribution in [-0.2, 0) is 4.79 Å². The third kappa shape index (κ3) is 3.30. The average molecular weight is 365 g/mol. The molecule has 1 aliphatic rings. The molecule has 0 saturated carbocycles. The lowest BCUT2D eigenvalue weighted by atomic mass is 10.2. The fraction of sp³-hybridized carbons (Fsp3) is 0.333. The largest absolute Gasteiger partial charge is 0.480 e. The Morgan fingerprint density at radius 1 is 1.33 bits per heavy atom. The van der Waals surface area contributed by atoms with Gasteiger partial charge in [0.2, 0.25) is 0 Å². The number of rotatable bonds is 2. The molecule has 1 aromatic rings. The normalized spacial score (nSPS) is 21.4. The van der Waals surface area contributed by atoms with E-state index in [1.165, 1.54) is 0 Å². The standard InChI is InChI=1S/C12H11BrF2N2O4/c13-6-2-9(8(15)3-7(6)14)16-12(21)17-4-5(18)1-10(17)11(19)20/h2-3,5,10,18H,1,4H2,(H,16,21)(H,19,20)/t5-,10+/m1/s1. The van der Waals surface area contributed by atoms with E-state index >= 15 is 0 Å². The molecule has 1 saturated heterocycles. The number of hydrogen-bond acceptors (Lipinski definition) is 3. The molecule has 21 heavy (non-hydrogen) atoms. The molecule has 0 aromatic heterocycles. The number of anilines is 1. The van der Waals surface area contributed by atoms with Crippen LogP contribution in [0.3, 0.4) is 0 Å². The number of nitrogens with one attached hydrogen (secondary N) is 1. The number of carbonyl (C=O) groups excluding carboxylic acids is 1. The van der Waals surface area contributed by atoms with Crippen molar-refractivity contribution in [2.24, 2.45) is 0 Å². The zero-order chi connectivity index (χ0) is 15.7. The van der Waals surface area contributed by atoms with Gasteiger partial charge >= 0.3 is 12.0 Å². The molecule has 0 aliphatic carbocycles. The molecule has 0 radical (unpaired) electrons. The van der Waals surface area contributed by atoms with Crippen LogP contribution in [0.25, 0.3) is 0 Å². The Kier molecular flexibility index (Phi) is 4.43. The van der Waals surface area contributed by atoms with E-state index in [9.17, 15) is 23.5 Å².